The van der Waals surface area contributed by atoms with Crippen LogP contribution in [0.4, 0.5) is 5.69 Å². The average Bonchev–Trinajstić information content (AvgIpc) is 2.50. The van der Waals surface area contributed by atoms with E-state index in [9.17, 15) is 0 Å². The number of hydrogen-bond acceptors (Lipinski definition) is 2. The predicted molar refractivity (Wildman–Crippen MR) is 88.2 cm³/mol. The van der Waals surface area contributed by atoms with E-state index in [4.69, 9.17) is 4.74 Å². The smallest absolute Gasteiger partial charge is 0.142 e. The van der Waals surface area contributed by atoms with Crippen molar-refractivity contribution in [1.82, 2.24) is 0 Å². The molecule has 2 heteroatoms. The van der Waals surface area contributed by atoms with Gasteiger partial charge in [-0.25, -0.2) is 0 Å². The van der Waals surface area contributed by atoms with Gasteiger partial charge in [0, 0.05) is 6.54 Å². The fraction of sp³-hybridized carbons (Fsp3) is 0.368. The summed E-state index contributed by atoms with van der Waals surface area (Å²) in [5.41, 5.74) is 5.33. The highest BCUT2D eigenvalue weighted by molar-refractivity contribution is 5.63. The molecule has 21 heavy (non-hydrogen) atoms. The average molecular weight is 281 g/mol. The Kier molecular flexibility index (Phi) is 4.14. The molecule has 1 heterocycles. The molecular weight excluding hydrogens is 258 g/mol. The van der Waals surface area contributed by atoms with Gasteiger partial charge < -0.3 is 10.1 Å². The molecule has 0 bridgehead atoms. The molecule has 1 aliphatic rings. The van der Waals surface area contributed by atoms with Crippen molar-refractivity contribution in [3.8, 4) is 5.75 Å². The molecule has 2 nitrogen and oxygen atoms in total. The molecule has 0 aliphatic carbocycles. The van der Waals surface area contributed by atoms with Gasteiger partial charge in [-0.2, -0.15) is 0 Å². The van der Waals surface area contributed by atoms with Crippen LogP contribution in [0.15, 0.2) is 42.5 Å². The molecule has 110 valence electrons. The molecule has 1 unspecified atom stereocenters. The number of fused-ring (bicyclic) bond motifs is 1. The molecule has 0 fully saturated rings. The van der Waals surface area contributed by atoms with Crippen LogP contribution in [0.2, 0.25) is 0 Å². The molecule has 2 aromatic rings. The van der Waals surface area contributed by atoms with Gasteiger partial charge in [-0.05, 0) is 49.8 Å². The quantitative estimate of drug-likeness (QED) is 0.906. The highest BCUT2D eigenvalue weighted by Crippen LogP contribution is 2.34. The van der Waals surface area contributed by atoms with Crippen molar-refractivity contribution in [3.63, 3.8) is 0 Å². The first-order valence-electron chi connectivity index (χ1n) is 7.80. The van der Waals surface area contributed by atoms with Gasteiger partial charge in [0.1, 0.15) is 5.75 Å². The van der Waals surface area contributed by atoms with Crippen molar-refractivity contribution < 1.29 is 4.74 Å². The molecule has 0 saturated heterocycles. The fourth-order valence-electron chi connectivity index (χ4n) is 3.05. The minimum atomic E-state index is 0.650. The standard InChI is InChI=1S/C19H23NO/c1-3-21-18-6-4-5-17-12-16(13-20-19(17)18)11-15-9-7-14(2)8-10-15/h4-10,16,20H,3,11-13H2,1-2H3. The topological polar surface area (TPSA) is 21.3 Å². The van der Waals surface area contributed by atoms with E-state index in [0.29, 0.717) is 12.5 Å². The lowest BCUT2D eigenvalue weighted by molar-refractivity contribution is 0.340. The number of aryl methyl sites for hydroxylation is 1. The van der Waals surface area contributed by atoms with E-state index in [1.807, 2.05) is 6.92 Å². The molecule has 1 atom stereocenters. The van der Waals surface area contributed by atoms with Crippen LogP contribution in [0.25, 0.3) is 0 Å². The molecule has 0 saturated carbocycles. The SMILES string of the molecule is CCOc1cccc2c1NCC(Cc1ccc(C)cc1)C2. The van der Waals surface area contributed by atoms with Gasteiger partial charge in [-0.15, -0.1) is 0 Å². The van der Waals surface area contributed by atoms with Crippen molar-refractivity contribution in [2.75, 3.05) is 18.5 Å². The van der Waals surface area contributed by atoms with Crippen molar-refractivity contribution >= 4 is 5.69 Å². The van der Waals surface area contributed by atoms with Gasteiger partial charge in [0.05, 0.1) is 12.3 Å². The molecule has 0 radical (unpaired) electrons. The largest absolute Gasteiger partial charge is 0.492 e. The summed E-state index contributed by atoms with van der Waals surface area (Å²) in [5, 5.41) is 3.57. The summed E-state index contributed by atoms with van der Waals surface area (Å²) in [6.45, 7) is 5.90. The Morgan fingerprint density at radius 2 is 1.95 bits per heavy atom. The lowest BCUT2D eigenvalue weighted by Crippen LogP contribution is -2.25. The third kappa shape index (κ3) is 3.21. The molecule has 1 aliphatic heterocycles. The van der Waals surface area contributed by atoms with E-state index in [1.54, 1.807) is 0 Å². The first-order valence-corrected chi connectivity index (χ1v) is 7.80. The Hall–Kier alpha value is -1.96. The second-order valence-corrected chi connectivity index (χ2v) is 5.86. The van der Waals surface area contributed by atoms with Crippen molar-refractivity contribution in [3.05, 3.63) is 59.2 Å². The molecule has 2 aromatic carbocycles. The Labute approximate surface area is 127 Å². The van der Waals surface area contributed by atoms with E-state index in [-0.39, 0.29) is 0 Å². The molecule has 0 amide bonds. The van der Waals surface area contributed by atoms with Crippen LogP contribution in [-0.4, -0.2) is 13.2 Å². The van der Waals surface area contributed by atoms with Crippen molar-refractivity contribution in [1.29, 1.82) is 0 Å². The van der Waals surface area contributed by atoms with Crippen molar-refractivity contribution in [2.45, 2.75) is 26.7 Å². The molecule has 1 N–H and O–H groups in total. The third-order valence-electron chi connectivity index (χ3n) is 4.13. The summed E-state index contributed by atoms with van der Waals surface area (Å²) in [6.07, 6.45) is 2.25. The van der Waals surface area contributed by atoms with Crippen LogP contribution in [0, 0.1) is 12.8 Å². The summed E-state index contributed by atoms with van der Waals surface area (Å²) in [4.78, 5) is 0. The molecule has 0 aromatic heterocycles. The van der Waals surface area contributed by atoms with Gasteiger partial charge in [0.15, 0.2) is 0 Å². The number of rotatable bonds is 4. The normalized spacial score (nSPS) is 17.0. The third-order valence-corrected chi connectivity index (χ3v) is 4.13. The minimum absolute atomic E-state index is 0.650. The van der Waals surface area contributed by atoms with Crippen LogP contribution >= 0.6 is 0 Å². The highest BCUT2D eigenvalue weighted by atomic mass is 16.5. The number of anilines is 1. The van der Waals surface area contributed by atoms with E-state index in [1.165, 1.54) is 22.4 Å². The maximum absolute atomic E-state index is 5.71. The van der Waals surface area contributed by atoms with Crippen LogP contribution in [-0.2, 0) is 12.8 Å². The zero-order valence-electron chi connectivity index (χ0n) is 12.9. The lowest BCUT2D eigenvalue weighted by atomic mass is 9.88. The summed E-state index contributed by atoms with van der Waals surface area (Å²) < 4.78 is 5.71. The summed E-state index contributed by atoms with van der Waals surface area (Å²) in [5.74, 6) is 1.64. The van der Waals surface area contributed by atoms with Gasteiger partial charge in [0.25, 0.3) is 0 Å². The van der Waals surface area contributed by atoms with Gasteiger partial charge >= 0.3 is 0 Å². The number of hydrogen-bond donors (Lipinski definition) is 1. The summed E-state index contributed by atoms with van der Waals surface area (Å²) in [7, 11) is 0. The van der Waals surface area contributed by atoms with Crippen LogP contribution < -0.4 is 10.1 Å². The Balaban J connectivity index is 1.72. The Bertz CT molecular complexity index is 603. The van der Waals surface area contributed by atoms with Gasteiger partial charge in [0.2, 0.25) is 0 Å². The second-order valence-electron chi connectivity index (χ2n) is 5.86. The number of nitrogens with one attached hydrogen (secondary N) is 1. The maximum atomic E-state index is 5.71. The monoisotopic (exact) mass is 281 g/mol. The fourth-order valence-corrected chi connectivity index (χ4v) is 3.05. The van der Waals surface area contributed by atoms with Crippen LogP contribution in [0.1, 0.15) is 23.6 Å². The minimum Gasteiger partial charge on any atom is -0.492 e. The van der Waals surface area contributed by atoms with E-state index < -0.39 is 0 Å². The lowest BCUT2D eigenvalue weighted by Gasteiger charge is -2.27. The van der Waals surface area contributed by atoms with E-state index in [2.05, 4.69) is 54.7 Å². The van der Waals surface area contributed by atoms with Crippen LogP contribution in [0.3, 0.4) is 0 Å². The number of para-hydroxylation sites is 1. The highest BCUT2D eigenvalue weighted by Gasteiger charge is 2.21. The number of ether oxygens (including phenoxy) is 1. The van der Waals surface area contributed by atoms with E-state index in [0.717, 1.165) is 25.1 Å². The molecular formula is C19H23NO. The summed E-state index contributed by atoms with van der Waals surface area (Å²) >= 11 is 0. The zero-order valence-corrected chi connectivity index (χ0v) is 12.9. The first-order chi connectivity index (χ1) is 10.3. The molecule has 3 rings (SSSR count). The van der Waals surface area contributed by atoms with Crippen LogP contribution in [0.5, 0.6) is 5.75 Å². The number of benzene rings is 2. The van der Waals surface area contributed by atoms with E-state index >= 15 is 0 Å². The van der Waals surface area contributed by atoms with Gasteiger partial charge in [-0.1, -0.05) is 42.0 Å². The Morgan fingerprint density at radius 1 is 1.14 bits per heavy atom. The predicted octanol–water partition coefficient (Wildman–Crippen LogP) is 4.22. The van der Waals surface area contributed by atoms with Crippen molar-refractivity contribution in [2.24, 2.45) is 5.92 Å². The Morgan fingerprint density at radius 3 is 2.71 bits per heavy atom. The maximum Gasteiger partial charge on any atom is 0.142 e. The second kappa shape index (κ2) is 6.21. The first kappa shape index (κ1) is 14.0. The summed E-state index contributed by atoms with van der Waals surface area (Å²) in [6, 6.07) is 15.3. The zero-order chi connectivity index (χ0) is 14.7. The molecule has 0 spiro atoms. The van der Waals surface area contributed by atoms with Gasteiger partial charge in [-0.3, -0.25) is 0 Å².